The van der Waals surface area contributed by atoms with E-state index in [2.05, 4.69) is 183 Å². The van der Waals surface area contributed by atoms with Crippen LogP contribution < -0.4 is 118 Å². The second kappa shape index (κ2) is 31.2. The van der Waals surface area contributed by atoms with Crippen LogP contribution in [-0.2, 0) is 25.9 Å². The van der Waals surface area contributed by atoms with Gasteiger partial charge in [0.25, 0.3) is 6.47 Å². The zero-order valence-electron chi connectivity index (χ0n) is 32.4. The summed E-state index contributed by atoms with van der Waals surface area (Å²) in [5, 5.41) is 20.1. The minimum absolute atomic E-state index is 0. The van der Waals surface area contributed by atoms with Gasteiger partial charge in [-0.1, -0.05) is 120 Å². The third-order valence-electron chi connectivity index (χ3n) is 6.52. The fraction of sp³-hybridized carbons (Fsp3) is 0.500. The van der Waals surface area contributed by atoms with E-state index in [-0.39, 0.29) is 134 Å². The predicted molar refractivity (Wildman–Crippen MR) is 223 cm³/mol. The molecular formula is C38H55Br5K2O6. The normalized spacial score (nSPS) is 10.4. The number of phenolic OH excluding ortho intramolecular Hbond substituents is 1. The summed E-state index contributed by atoms with van der Waals surface area (Å²) in [7, 11) is 0. The van der Waals surface area contributed by atoms with E-state index < -0.39 is 0 Å². The molecule has 0 amide bonds. The number of phenols is 1. The van der Waals surface area contributed by atoms with Crippen LogP contribution in [0.25, 0.3) is 0 Å². The number of carbonyl (C=O) groups excluding carboxylic acids is 1. The molecule has 0 aliphatic rings. The van der Waals surface area contributed by atoms with Crippen LogP contribution in [0.2, 0.25) is 0 Å². The number of ether oxygens (including phenoxy) is 2. The number of hydrogen-bond acceptors (Lipinski definition) is 6. The van der Waals surface area contributed by atoms with E-state index in [0.717, 1.165) is 47.6 Å². The van der Waals surface area contributed by atoms with Gasteiger partial charge in [0.15, 0.2) is 0 Å². The Morgan fingerprint density at radius 2 is 0.961 bits per heavy atom. The Morgan fingerprint density at radius 3 is 1.22 bits per heavy atom. The molecule has 0 spiro atoms. The molecule has 13 heteroatoms. The molecule has 0 aliphatic heterocycles. The second-order valence-electron chi connectivity index (χ2n) is 13.7. The summed E-state index contributed by atoms with van der Waals surface area (Å²) in [6, 6.07) is 18.3. The Balaban J connectivity index is -0.000000246. The van der Waals surface area contributed by atoms with Gasteiger partial charge in [0.05, 0.1) is 26.6 Å². The number of benzene rings is 3. The number of hydrogen-bond donors (Lipinski definition) is 1. The molecule has 0 bridgehead atoms. The van der Waals surface area contributed by atoms with Gasteiger partial charge in [-0.25, -0.2) is 0 Å². The van der Waals surface area contributed by atoms with Crippen molar-refractivity contribution in [1.29, 1.82) is 0 Å². The zero-order valence-corrected chi connectivity index (χ0v) is 45.6. The van der Waals surface area contributed by atoms with Crippen molar-refractivity contribution in [3.8, 4) is 17.2 Å². The van der Waals surface area contributed by atoms with Crippen LogP contribution >= 0.6 is 79.6 Å². The number of aromatic hydroxyl groups is 1. The van der Waals surface area contributed by atoms with Crippen molar-refractivity contribution in [2.45, 2.75) is 98.8 Å². The summed E-state index contributed by atoms with van der Waals surface area (Å²) in [5.41, 5.74) is 3.97. The molecule has 3 rings (SSSR count). The molecule has 0 unspecified atom stereocenters. The smallest absolute Gasteiger partial charge is 1.00 e. The van der Waals surface area contributed by atoms with Crippen LogP contribution in [0, 0.1) is 0 Å². The number of rotatable bonds is 9. The first-order valence-corrected chi connectivity index (χ1v) is 20.0. The van der Waals surface area contributed by atoms with E-state index in [1.807, 2.05) is 12.1 Å². The maximum atomic E-state index is 9.42. The maximum absolute atomic E-state index is 9.42. The third kappa shape index (κ3) is 26.7. The van der Waals surface area contributed by atoms with Gasteiger partial charge in [-0.05, 0) is 124 Å². The Labute approximate surface area is 437 Å². The largest absolute Gasteiger partial charge is 1.00 e. The summed E-state index contributed by atoms with van der Waals surface area (Å²) in [5.74, 6) is 2.08. The molecule has 6 nitrogen and oxygen atoms in total. The average Bonchev–Trinajstić information content (AvgIpc) is 2.99. The van der Waals surface area contributed by atoms with Crippen molar-refractivity contribution in [3.63, 3.8) is 0 Å². The van der Waals surface area contributed by atoms with E-state index in [4.69, 9.17) is 19.5 Å². The molecular weight excluding hydrogens is 1030 g/mol. The summed E-state index contributed by atoms with van der Waals surface area (Å²) in [6.07, 6.45) is 2.04. The Kier molecular flexibility index (Phi) is 36.6. The molecule has 0 saturated heterocycles. The summed E-state index contributed by atoms with van der Waals surface area (Å²) >= 11 is 17.0. The monoisotopic (exact) mass is 1080 g/mol. The van der Waals surface area contributed by atoms with Crippen LogP contribution in [-0.4, -0.2) is 35.5 Å². The molecule has 3 aromatic carbocycles. The number of alkyl halides is 2. The van der Waals surface area contributed by atoms with Gasteiger partial charge in [0.1, 0.15) is 17.2 Å². The van der Waals surface area contributed by atoms with Crippen molar-refractivity contribution in [2.75, 3.05) is 23.9 Å². The fourth-order valence-electron chi connectivity index (χ4n) is 3.61. The Morgan fingerprint density at radius 1 is 0.647 bits per heavy atom. The van der Waals surface area contributed by atoms with E-state index in [1.165, 1.54) is 17.5 Å². The molecule has 0 saturated carbocycles. The van der Waals surface area contributed by atoms with Gasteiger partial charge in [0.2, 0.25) is 0 Å². The van der Waals surface area contributed by atoms with Crippen molar-refractivity contribution >= 4 is 86.1 Å². The molecule has 0 fully saturated rings. The van der Waals surface area contributed by atoms with Crippen LogP contribution in [0.15, 0.2) is 68.0 Å². The topological polar surface area (TPSA) is 88.0 Å². The number of carbonyl (C=O) groups is 1. The van der Waals surface area contributed by atoms with E-state index in [9.17, 15) is 5.11 Å². The molecule has 0 aliphatic carbocycles. The molecule has 0 heterocycles. The standard InChI is InChI=1S/C23H30Br2O2.C10H13BrO.C3H6Br2.CH2O3.CH4.2K.H/c1-22(2,3)16-8-10-18(24)20(14-16)26-12-7-13-27-21-15-17(23(4,5)6)9-11-19(21)25;1-10(2,3)7-4-5-8(11)9(12)6-7;4-2-1-3-5;2-1-4-3;;;;/h8-11,14-15H,7,12-13H2,1-6H3;4-6,12H,1-3H3;1-3H2;1,3H;1H4;;;/q;;;;;2*+1;-1/p-1. The predicted octanol–water partition coefficient (Wildman–Crippen LogP) is 6.46. The third-order valence-corrected chi connectivity index (χ3v) is 9.62. The number of halogens is 5. The SMILES string of the molecule is BrCCCBr.C.CC(C)(C)c1ccc(Br)c(O)c1.CC(C)(C)c1ccc(Br)c(OCCCOc2cc(C(C)(C)C)ccc2Br)c1.O=CO[O-].[H-].[K+].[K+]. The fourth-order valence-corrected chi connectivity index (χ4v) is 5.90. The van der Waals surface area contributed by atoms with Gasteiger partial charge in [-0.15, -0.1) is 0 Å². The Bertz CT molecular complexity index is 1310. The molecule has 0 radical (unpaired) electrons. The van der Waals surface area contributed by atoms with Crippen LogP contribution in [0.1, 0.15) is 101 Å². The van der Waals surface area contributed by atoms with E-state index in [0.29, 0.717) is 19.0 Å². The summed E-state index contributed by atoms with van der Waals surface area (Å²) < 4.78 is 14.7. The first kappa shape index (κ1) is 59.8. The Hall–Kier alpha value is 2.16. The van der Waals surface area contributed by atoms with E-state index >= 15 is 0 Å². The van der Waals surface area contributed by atoms with Crippen molar-refractivity contribution < 1.29 is 134 Å². The van der Waals surface area contributed by atoms with Crippen LogP contribution in [0.4, 0.5) is 0 Å². The molecule has 0 atom stereocenters. The average molecular weight is 1090 g/mol. The zero-order chi connectivity index (χ0) is 37.1. The van der Waals surface area contributed by atoms with Crippen molar-refractivity contribution in [2.24, 2.45) is 0 Å². The van der Waals surface area contributed by atoms with Gasteiger partial charge < -0.3 is 26.2 Å². The van der Waals surface area contributed by atoms with Crippen LogP contribution in [0.5, 0.6) is 17.2 Å². The minimum Gasteiger partial charge on any atom is -1.00 e. The second-order valence-corrected chi connectivity index (χ2v) is 17.8. The first-order chi connectivity index (χ1) is 22.2. The van der Waals surface area contributed by atoms with Crippen molar-refractivity contribution in [1.82, 2.24) is 0 Å². The molecule has 51 heavy (non-hydrogen) atoms. The molecule has 1 N–H and O–H groups in total. The summed E-state index contributed by atoms with van der Waals surface area (Å²) in [4.78, 5) is 11.2. The molecule has 3 aromatic rings. The van der Waals surface area contributed by atoms with Crippen LogP contribution in [0.3, 0.4) is 0 Å². The van der Waals surface area contributed by atoms with E-state index in [1.54, 1.807) is 6.07 Å². The van der Waals surface area contributed by atoms with Gasteiger partial charge in [-0.2, -0.15) is 0 Å². The van der Waals surface area contributed by atoms with Crippen molar-refractivity contribution in [3.05, 3.63) is 84.7 Å². The first-order valence-electron chi connectivity index (χ1n) is 15.4. The summed E-state index contributed by atoms with van der Waals surface area (Å²) in [6.45, 7) is 20.6. The van der Waals surface area contributed by atoms with Gasteiger partial charge >= 0.3 is 103 Å². The van der Waals surface area contributed by atoms with Gasteiger partial charge in [0, 0.05) is 17.1 Å². The molecule has 0 aromatic heterocycles. The maximum Gasteiger partial charge on any atom is 1.00 e. The molecule has 280 valence electrons. The van der Waals surface area contributed by atoms with Gasteiger partial charge in [-0.3, -0.25) is 4.79 Å². The minimum atomic E-state index is -0.181. The quantitative estimate of drug-likeness (QED) is 0.0662.